The standard InChI is InChI=1S/C14H18N4/c1-11(12-6-4-3-5-7-12)17-13-8-9-16-14(18-13)10-15-2/h3-9,11,15H,10H2,1-2H3,(H,16,17,18). The van der Waals surface area contributed by atoms with Crippen molar-refractivity contribution in [3.63, 3.8) is 0 Å². The van der Waals surface area contributed by atoms with Gasteiger partial charge in [0, 0.05) is 12.2 Å². The topological polar surface area (TPSA) is 49.8 Å². The van der Waals surface area contributed by atoms with Crippen molar-refractivity contribution in [2.75, 3.05) is 12.4 Å². The highest BCUT2D eigenvalue weighted by Gasteiger charge is 2.05. The zero-order valence-electron chi connectivity index (χ0n) is 10.7. The van der Waals surface area contributed by atoms with Crippen LogP contribution in [0.25, 0.3) is 0 Å². The predicted octanol–water partition coefficient (Wildman–Crippen LogP) is 2.37. The Kier molecular flexibility index (Phi) is 4.25. The fourth-order valence-electron chi connectivity index (χ4n) is 1.77. The molecule has 2 rings (SSSR count). The van der Waals surface area contributed by atoms with Crippen LogP contribution in [0.4, 0.5) is 5.82 Å². The van der Waals surface area contributed by atoms with Gasteiger partial charge in [0.25, 0.3) is 0 Å². The molecule has 0 bridgehead atoms. The van der Waals surface area contributed by atoms with Crippen molar-refractivity contribution >= 4 is 5.82 Å². The molecule has 0 aliphatic carbocycles. The maximum absolute atomic E-state index is 4.44. The van der Waals surface area contributed by atoms with Crippen LogP contribution in [0.1, 0.15) is 24.4 Å². The van der Waals surface area contributed by atoms with Gasteiger partial charge in [-0.2, -0.15) is 0 Å². The van der Waals surface area contributed by atoms with Crippen LogP contribution in [-0.4, -0.2) is 17.0 Å². The average Bonchev–Trinajstić information content (AvgIpc) is 2.40. The van der Waals surface area contributed by atoms with E-state index in [1.165, 1.54) is 5.56 Å². The zero-order chi connectivity index (χ0) is 12.8. The van der Waals surface area contributed by atoms with Gasteiger partial charge in [0.05, 0.1) is 6.54 Å². The Morgan fingerprint density at radius 2 is 1.94 bits per heavy atom. The Bertz CT molecular complexity index is 484. The molecule has 2 aromatic rings. The molecule has 0 saturated heterocycles. The van der Waals surface area contributed by atoms with Gasteiger partial charge in [0.15, 0.2) is 0 Å². The van der Waals surface area contributed by atoms with Crippen molar-refractivity contribution in [1.82, 2.24) is 15.3 Å². The number of nitrogens with one attached hydrogen (secondary N) is 2. The van der Waals surface area contributed by atoms with Crippen LogP contribution >= 0.6 is 0 Å². The van der Waals surface area contributed by atoms with E-state index in [9.17, 15) is 0 Å². The van der Waals surface area contributed by atoms with E-state index in [0.29, 0.717) is 6.54 Å². The molecule has 0 fully saturated rings. The first-order valence-corrected chi connectivity index (χ1v) is 6.07. The molecule has 4 heteroatoms. The SMILES string of the molecule is CNCc1nccc(NC(C)c2ccccc2)n1. The van der Waals surface area contributed by atoms with Crippen LogP contribution in [0.3, 0.4) is 0 Å². The molecule has 2 N–H and O–H groups in total. The Balaban J connectivity index is 2.07. The molecule has 94 valence electrons. The van der Waals surface area contributed by atoms with E-state index in [1.807, 2.05) is 31.3 Å². The molecule has 0 spiro atoms. The molecule has 0 saturated carbocycles. The first-order chi connectivity index (χ1) is 8.79. The molecule has 4 nitrogen and oxygen atoms in total. The number of hydrogen-bond donors (Lipinski definition) is 2. The Labute approximate surface area is 107 Å². The molecule has 0 aliphatic rings. The number of hydrogen-bond acceptors (Lipinski definition) is 4. The number of rotatable bonds is 5. The fraction of sp³-hybridized carbons (Fsp3) is 0.286. The molecule has 1 heterocycles. The number of nitrogens with zero attached hydrogens (tertiary/aromatic N) is 2. The predicted molar refractivity (Wildman–Crippen MR) is 73.3 cm³/mol. The van der Waals surface area contributed by atoms with E-state index < -0.39 is 0 Å². The number of anilines is 1. The summed E-state index contributed by atoms with van der Waals surface area (Å²) in [5.41, 5.74) is 1.24. The lowest BCUT2D eigenvalue weighted by molar-refractivity contribution is 0.754. The molecule has 0 aliphatic heterocycles. The maximum atomic E-state index is 4.44. The van der Waals surface area contributed by atoms with Gasteiger partial charge >= 0.3 is 0 Å². The summed E-state index contributed by atoms with van der Waals surface area (Å²) >= 11 is 0. The van der Waals surface area contributed by atoms with E-state index in [0.717, 1.165) is 11.6 Å². The van der Waals surface area contributed by atoms with E-state index in [2.05, 4.69) is 39.7 Å². The minimum absolute atomic E-state index is 0.225. The van der Waals surface area contributed by atoms with Gasteiger partial charge in [-0.3, -0.25) is 0 Å². The second-order valence-corrected chi connectivity index (χ2v) is 4.17. The van der Waals surface area contributed by atoms with Crippen LogP contribution in [0.15, 0.2) is 42.6 Å². The molecule has 1 unspecified atom stereocenters. The van der Waals surface area contributed by atoms with Gasteiger partial charge in [-0.25, -0.2) is 9.97 Å². The highest BCUT2D eigenvalue weighted by atomic mass is 15.1. The van der Waals surface area contributed by atoms with Crippen molar-refractivity contribution in [3.05, 3.63) is 54.0 Å². The van der Waals surface area contributed by atoms with E-state index >= 15 is 0 Å². The van der Waals surface area contributed by atoms with Gasteiger partial charge < -0.3 is 10.6 Å². The second-order valence-electron chi connectivity index (χ2n) is 4.17. The molecule has 0 amide bonds. The fourth-order valence-corrected chi connectivity index (χ4v) is 1.77. The lowest BCUT2D eigenvalue weighted by Gasteiger charge is -2.15. The van der Waals surface area contributed by atoms with Crippen LogP contribution in [0.5, 0.6) is 0 Å². The largest absolute Gasteiger partial charge is 0.363 e. The second kappa shape index (κ2) is 6.12. The van der Waals surface area contributed by atoms with Crippen molar-refractivity contribution in [1.29, 1.82) is 0 Å². The van der Waals surface area contributed by atoms with E-state index in [-0.39, 0.29) is 6.04 Å². The normalized spacial score (nSPS) is 12.1. The third kappa shape index (κ3) is 3.28. The van der Waals surface area contributed by atoms with E-state index in [4.69, 9.17) is 0 Å². The van der Waals surface area contributed by atoms with Crippen LogP contribution in [0.2, 0.25) is 0 Å². The third-order valence-corrected chi connectivity index (χ3v) is 2.70. The van der Waals surface area contributed by atoms with Gasteiger partial charge in [-0.1, -0.05) is 30.3 Å². The highest BCUT2D eigenvalue weighted by molar-refractivity contribution is 5.37. The quantitative estimate of drug-likeness (QED) is 0.845. The summed E-state index contributed by atoms with van der Waals surface area (Å²) in [5, 5.41) is 6.42. The summed E-state index contributed by atoms with van der Waals surface area (Å²) in [6, 6.07) is 12.4. The van der Waals surface area contributed by atoms with Gasteiger partial charge in [-0.15, -0.1) is 0 Å². The van der Waals surface area contributed by atoms with Crippen molar-refractivity contribution < 1.29 is 0 Å². The van der Waals surface area contributed by atoms with Gasteiger partial charge in [0.1, 0.15) is 11.6 Å². The molecule has 18 heavy (non-hydrogen) atoms. The molecule has 1 atom stereocenters. The minimum Gasteiger partial charge on any atom is -0.363 e. The Hall–Kier alpha value is -1.94. The van der Waals surface area contributed by atoms with Crippen LogP contribution < -0.4 is 10.6 Å². The average molecular weight is 242 g/mol. The maximum Gasteiger partial charge on any atom is 0.144 e. The van der Waals surface area contributed by atoms with Gasteiger partial charge in [0.2, 0.25) is 0 Å². The van der Waals surface area contributed by atoms with Crippen LogP contribution in [-0.2, 0) is 6.54 Å². The molecule has 1 aromatic carbocycles. The summed E-state index contributed by atoms with van der Waals surface area (Å²) in [6.45, 7) is 2.80. The van der Waals surface area contributed by atoms with Crippen molar-refractivity contribution in [2.45, 2.75) is 19.5 Å². The summed E-state index contributed by atoms with van der Waals surface area (Å²) in [5.74, 6) is 1.65. The first kappa shape index (κ1) is 12.5. The highest BCUT2D eigenvalue weighted by Crippen LogP contribution is 2.16. The Morgan fingerprint density at radius 3 is 2.67 bits per heavy atom. The smallest absolute Gasteiger partial charge is 0.144 e. The lowest BCUT2D eigenvalue weighted by Crippen LogP contribution is -2.12. The Morgan fingerprint density at radius 1 is 1.17 bits per heavy atom. The molecule has 0 radical (unpaired) electrons. The van der Waals surface area contributed by atoms with Gasteiger partial charge in [-0.05, 0) is 25.6 Å². The monoisotopic (exact) mass is 242 g/mol. The molecular weight excluding hydrogens is 224 g/mol. The molecule has 1 aromatic heterocycles. The summed E-state index contributed by atoms with van der Waals surface area (Å²) in [6.07, 6.45) is 1.78. The number of aromatic nitrogens is 2. The van der Waals surface area contributed by atoms with Crippen LogP contribution in [0, 0.1) is 0 Å². The first-order valence-electron chi connectivity index (χ1n) is 6.07. The zero-order valence-corrected chi connectivity index (χ0v) is 10.7. The lowest BCUT2D eigenvalue weighted by atomic mass is 10.1. The van der Waals surface area contributed by atoms with E-state index in [1.54, 1.807) is 6.20 Å². The summed E-state index contributed by atoms with van der Waals surface area (Å²) < 4.78 is 0. The summed E-state index contributed by atoms with van der Waals surface area (Å²) in [7, 11) is 1.88. The molecular formula is C14H18N4. The minimum atomic E-state index is 0.225. The van der Waals surface area contributed by atoms with Crippen molar-refractivity contribution in [3.8, 4) is 0 Å². The summed E-state index contributed by atoms with van der Waals surface area (Å²) in [4.78, 5) is 8.64. The third-order valence-electron chi connectivity index (χ3n) is 2.70. The van der Waals surface area contributed by atoms with Crippen molar-refractivity contribution in [2.24, 2.45) is 0 Å². The number of benzene rings is 1.